The summed E-state index contributed by atoms with van der Waals surface area (Å²) in [6, 6.07) is 4.15. The van der Waals surface area contributed by atoms with Crippen molar-refractivity contribution in [2.75, 3.05) is 0 Å². The van der Waals surface area contributed by atoms with Crippen LogP contribution in [0.2, 0.25) is 0 Å². The van der Waals surface area contributed by atoms with Gasteiger partial charge in [0.1, 0.15) is 0 Å². The summed E-state index contributed by atoms with van der Waals surface area (Å²) < 4.78 is 0. The van der Waals surface area contributed by atoms with Gasteiger partial charge in [-0.05, 0) is 52.6 Å². The third-order valence-corrected chi connectivity index (χ3v) is 5.58. The lowest BCUT2D eigenvalue weighted by Gasteiger charge is -2.52. The second kappa shape index (κ2) is 4.63. The zero-order valence-corrected chi connectivity index (χ0v) is 12.5. The lowest BCUT2D eigenvalue weighted by molar-refractivity contribution is -0.140. The number of nitrogens with zero attached hydrogens (tertiary/aromatic N) is 2. The van der Waals surface area contributed by atoms with Crippen molar-refractivity contribution < 1.29 is 9.90 Å². The molecule has 112 valence electrons. The van der Waals surface area contributed by atoms with Crippen molar-refractivity contribution in [3.8, 4) is 0 Å². The first kappa shape index (κ1) is 13.4. The number of pyridine rings is 2. The summed E-state index contributed by atoms with van der Waals surface area (Å²) in [5.74, 6) is -0.359. The van der Waals surface area contributed by atoms with E-state index < -0.39 is 5.97 Å². The lowest BCUT2D eigenvalue weighted by atomic mass is 9.51. The maximum atomic E-state index is 11.5. The van der Waals surface area contributed by atoms with Crippen molar-refractivity contribution >= 4 is 5.97 Å². The van der Waals surface area contributed by atoms with Crippen LogP contribution in [0.4, 0.5) is 0 Å². The van der Waals surface area contributed by atoms with E-state index in [1.807, 2.05) is 24.8 Å². The summed E-state index contributed by atoms with van der Waals surface area (Å²) in [5.41, 5.74) is 4.80. The maximum absolute atomic E-state index is 11.5. The Balaban J connectivity index is 1.98. The fraction of sp³-hybridized carbons (Fsp3) is 0.389. The van der Waals surface area contributed by atoms with Gasteiger partial charge in [0.2, 0.25) is 0 Å². The van der Waals surface area contributed by atoms with E-state index in [2.05, 4.69) is 29.0 Å². The number of carboxylic acids is 1. The number of carbonyl (C=O) groups is 1. The van der Waals surface area contributed by atoms with Crippen LogP contribution in [0.25, 0.3) is 0 Å². The maximum Gasteiger partial charge on any atom is 0.303 e. The molecule has 2 heterocycles. The van der Waals surface area contributed by atoms with Crippen LogP contribution in [0, 0.1) is 5.41 Å². The summed E-state index contributed by atoms with van der Waals surface area (Å²) >= 11 is 0. The first-order valence-electron chi connectivity index (χ1n) is 7.75. The van der Waals surface area contributed by atoms with E-state index in [1.54, 1.807) is 0 Å². The van der Waals surface area contributed by atoms with Gasteiger partial charge in [-0.2, -0.15) is 0 Å². The van der Waals surface area contributed by atoms with E-state index >= 15 is 0 Å². The Morgan fingerprint density at radius 3 is 2.55 bits per heavy atom. The average molecular weight is 294 g/mol. The second-order valence-electron chi connectivity index (χ2n) is 6.49. The van der Waals surface area contributed by atoms with Crippen LogP contribution in [0.5, 0.6) is 0 Å². The number of fused-ring (bicyclic) bond motifs is 1. The largest absolute Gasteiger partial charge is 0.481 e. The highest BCUT2D eigenvalue weighted by molar-refractivity contribution is 5.69. The molecule has 2 bridgehead atoms. The van der Waals surface area contributed by atoms with Crippen LogP contribution in [0.15, 0.2) is 36.9 Å². The van der Waals surface area contributed by atoms with Gasteiger partial charge >= 0.3 is 5.97 Å². The van der Waals surface area contributed by atoms with Crippen molar-refractivity contribution in [2.45, 2.75) is 38.0 Å². The molecule has 4 nitrogen and oxygen atoms in total. The minimum absolute atomic E-state index is 0.111. The highest BCUT2D eigenvalue weighted by Gasteiger charge is 2.52. The van der Waals surface area contributed by atoms with Crippen molar-refractivity contribution in [1.82, 2.24) is 9.97 Å². The molecule has 1 N–H and O–H groups in total. The molecule has 0 fully saturated rings. The summed E-state index contributed by atoms with van der Waals surface area (Å²) in [5, 5.41) is 9.46. The van der Waals surface area contributed by atoms with Crippen LogP contribution >= 0.6 is 0 Å². The Labute approximate surface area is 129 Å². The Morgan fingerprint density at radius 2 is 1.86 bits per heavy atom. The second-order valence-corrected chi connectivity index (χ2v) is 6.49. The molecule has 2 aromatic rings. The van der Waals surface area contributed by atoms with Crippen molar-refractivity contribution in [1.29, 1.82) is 0 Å². The van der Waals surface area contributed by atoms with E-state index in [0.29, 0.717) is 0 Å². The molecule has 0 aromatic carbocycles. The van der Waals surface area contributed by atoms with Crippen LogP contribution in [0.3, 0.4) is 0 Å². The van der Waals surface area contributed by atoms with Gasteiger partial charge in [-0.25, -0.2) is 0 Å². The van der Waals surface area contributed by atoms with Crippen molar-refractivity contribution in [3.63, 3.8) is 0 Å². The Bertz CT molecular complexity index is 711. The number of hydrogen-bond donors (Lipinski definition) is 1. The lowest BCUT2D eigenvalue weighted by Crippen LogP contribution is -2.42. The first-order chi connectivity index (χ1) is 10.7. The van der Waals surface area contributed by atoms with Gasteiger partial charge in [0.15, 0.2) is 0 Å². The third kappa shape index (κ3) is 1.67. The minimum Gasteiger partial charge on any atom is -0.481 e. The SMILES string of the molecule is CCC1(CC(=O)O)CC2c3cnccc3C1c1cnccc12. The summed E-state index contributed by atoms with van der Waals surface area (Å²) in [6.07, 6.45) is 9.49. The zero-order chi connectivity index (χ0) is 15.3. The van der Waals surface area contributed by atoms with Crippen molar-refractivity contribution in [3.05, 3.63) is 59.2 Å². The minimum atomic E-state index is -0.713. The molecule has 3 atom stereocenters. The van der Waals surface area contributed by atoms with Crippen LogP contribution in [-0.4, -0.2) is 21.0 Å². The fourth-order valence-electron chi connectivity index (χ4n) is 4.64. The van der Waals surface area contributed by atoms with Gasteiger partial charge in [0.05, 0.1) is 6.42 Å². The fourth-order valence-corrected chi connectivity index (χ4v) is 4.64. The van der Waals surface area contributed by atoms with E-state index in [9.17, 15) is 9.90 Å². The average Bonchev–Trinajstić information content (AvgIpc) is 2.54. The molecule has 0 amide bonds. The molecule has 0 saturated carbocycles. The van der Waals surface area contributed by atoms with E-state index in [0.717, 1.165) is 12.8 Å². The molecule has 0 spiro atoms. The van der Waals surface area contributed by atoms with Gasteiger partial charge in [0.25, 0.3) is 0 Å². The normalized spacial score (nSPS) is 28.0. The third-order valence-electron chi connectivity index (χ3n) is 5.58. The Kier molecular flexibility index (Phi) is 2.83. The molecule has 0 radical (unpaired) electrons. The quantitative estimate of drug-likeness (QED) is 0.943. The topological polar surface area (TPSA) is 63.1 Å². The highest BCUT2D eigenvalue weighted by atomic mass is 16.4. The highest BCUT2D eigenvalue weighted by Crippen LogP contribution is 2.63. The molecular formula is C18H18N2O2. The van der Waals surface area contributed by atoms with Gasteiger partial charge < -0.3 is 5.11 Å². The molecule has 0 aliphatic heterocycles. The molecule has 3 aliphatic rings. The summed E-state index contributed by atoms with van der Waals surface area (Å²) in [4.78, 5) is 20.1. The van der Waals surface area contributed by atoms with Gasteiger partial charge in [0, 0.05) is 36.6 Å². The summed E-state index contributed by atoms with van der Waals surface area (Å²) in [6.45, 7) is 2.11. The van der Waals surface area contributed by atoms with E-state index in [-0.39, 0.29) is 23.7 Å². The standard InChI is InChI=1S/C18H18N2O2/c1-2-18(8-16(21)22)7-13-11-3-5-20-10-15(11)17(18)12-4-6-19-9-14(12)13/h3-6,9-10,13,17H,2,7-8H2,1H3,(H,21,22). The van der Waals surface area contributed by atoms with Crippen molar-refractivity contribution in [2.24, 2.45) is 5.41 Å². The van der Waals surface area contributed by atoms with Crippen LogP contribution in [-0.2, 0) is 4.79 Å². The van der Waals surface area contributed by atoms with Gasteiger partial charge in [-0.1, -0.05) is 6.92 Å². The predicted molar refractivity (Wildman–Crippen MR) is 81.8 cm³/mol. The molecule has 3 aliphatic carbocycles. The van der Waals surface area contributed by atoms with Gasteiger partial charge in [-0.15, -0.1) is 0 Å². The Hall–Kier alpha value is -2.23. The van der Waals surface area contributed by atoms with Gasteiger partial charge in [-0.3, -0.25) is 14.8 Å². The molecule has 0 saturated heterocycles. The molecule has 22 heavy (non-hydrogen) atoms. The molecule has 3 unspecified atom stereocenters. The smallest absolute Gasteiger partial charge is 0.303 e. The van der Waals surface area contributed by atoms with Crippen LogP contribution in [0.1, 0.15) is 60.3 Å². The number of rotatable bonds is 3. The monoisotopic (exact) mass is 294 g/mol. The molecule has 2 aromatic heterocycles. The molecule has 5 rings (SSSR count). The Morgan fingerprint density at radius 1 is 1.18 bits per heavy atom. The van der Waals surface area contributed by atoms with E-state index in [4.69, 9.17) is 0 Å². The predicted octanol–water partition coefficient (Wildman–Crippen LogP) is 3.33. The summed E-state index contributed by atoms with van der Waals surface area (Å²) in [7, 11) is 0. The van der Waals surface area contributed by atoms with Crippen LogP contribution < -0.4 is 0 Å². The first-order valence-corrected chi connectivity index (χ1v) is 7.75. The number of hydrogen-bond acceptors (Lipinski definition) is 3. The number of carboxylic acid groups (broad SMARTS) is 1. The zero-order valence-electron chi connectivity index (χ0n) is 12.5. The van der Waals surface area contributed by atoms with E-state index in [1.165, 1.54) is 22.3 Å². The number of aliphatic carboxylic acids is 1. The molecule has 4 heteroatoms. The molecular weight excluding hydrogens is 276 g/mol. The number of aromatic nitrogens is 2.